The van der Waals surface area contributed by atoms with Crippen molar-refractivity contribution >= 4 is 18.7 Å². The lowest BCUT2D eigenvalue weighted by Crippen LogP contribution is -2.25. The predicted molar refractivity (Wildman–Crippen MR) is 36.6 cm³/mol. The fourth-order valence-electron chi connectivity index (χ4n) is 0.364. The van der Waals surface area contributed by atoms with Crippen molar-refractivity contribution in [3.8, 4) is 0 Å². The van der Waals surface area contributed by atoms with Gasteiger partial charge in [0.15, 0.2) is 0 Å². The molecular weight excluding hydrogens is 122 g/mol. The summed E-state index contributed by atoms with van der Waals surface area (Å²) in [5.41, 5.74) is 0. The molecule has 8 heavy (non-hydrogen) atoms. The molecule has 0 fully saturated rings. The molecule has 0 aliphatic heterocycles. The zero-order valence-electron chi connectivity index (χ0n) is 5.38. The topological polar surface area (TPSA) is 20.3 Å². The van der Waals surface area contributed by atoms with Crippen molar-refractivity contribution in [3.63, 3.8) is 0 Å². The second-order valence-corrected chi connectivity index (χ2v) is 2.39. The van der Waals surface area contributed by atoms with Gasteiger partial charge < -0.3 is 0 Å². The van der Waals surface area contributed by atoms with E-state index in [-0.39, 0.29) is 11.9 Å². The molecule has 0 bridgehead atoms. The Morgan fingerprint density at radius 2 is 2.00 bits per heavy atom. The molecule has 0 aromatic carbocycles. The third-order valence-electron chi connectivity index (χ3n) is 0.812. The largest absolute Gasteiger partial charge is 0.287 e. The number of carbonyl (C=O) groups is 1. The van der Waals surface area contributed by atoms with Gasteiger partial charge in [0.2, 0.25) is 5.91 Å². The summed E-state index contributed by atoms with van der Waals surface area (Å²) in [4.78, 5) is 10.4. The molecule has 0 radical (unpaired) electrons. The maximum Gasteiger partial charge on any atom is 0.229 e. The van der Waals surface area contributed by atoms with E-state index in [1.807, 2.05) is 13.8 Å². The molecule has 0 spiro atoms. The summed E-state index contributed by atoms with van der Waals surface area (Å²) in [5.74, 6) is -0.0108. The van der Waals surface area contributed by atoms with Gasteiger partial charge in [-0.3, -0.25) is 9.10 Å². The van der Waals surface area contributed by atoms with Crippen LogP contribution >= 0.6 is 12.8 Å². The fourth-order valence-corrected chi connectivity index (χ4v) is 0.364. The first-order valence-electron chi connectivity index (χ1n) is 2.54. The Bertz CT molecular complexity index is 92.4. The van der Waals surface area contributed by atoms with Crippen LogP contribution in [0.5, 0.6) is 0 Å². The smallest absolute Gasteiger partial charge is 0.229 e. The number of carbonyl (C=O) groups excluding carboxylic acids is 1. The summed E-state index contributed by atoms with van der Waals surface area (Å²) in [5, 5.41) is 0. The summed E-state index contributed by atoms with van der Waals surface area (Å²) in [6, 6.07) is 0.191. The van der Waals surface area contributed by atoms with Gasteiger partial charge in [0.25, 0.3) is 0 Å². The number of hydrogen-bond acceptors (Lipinski definition) is 2. The van der Waals surface area contributed by atoms with Crippen LogP contribution in [0, 0.1) is 0 Å². The van der Waals surface area contributed by atoms with Crippen molar-refractivity contribution in [3.05, 3.63) is 0 Å². The maximum atomic E-state index is 10.4. The maximum absolute atomic E-state index is 10.4. The number of amides is 1. The van der Waals surface area contributed by atoms with Crippen molar-refractivity contribution in [2.45, 2.75) is 26.8 Å². The van der Waals surface area contributed by atoms with Gasteiger partial charge in [-0.1, -0.05) is 12.8 Å². The Kier molecular flexibility index (Phi) is 2.90. The second-order valence-electron chi connectivity index (χ2n) is 1.96. The predicted octanol–water partition coefficient (Wildman–Crippen LogP) is 1.09. The molecule has 0 aromatic heterocycles. The molecule has 0 saturated carbocycles. The Morgan fingerprint density at radius 3 is 2.00 bits per heavy atom. The minimum Gasteiger partial charge on any atom is -0.287 e. The number of hydrogen-bond donors (Lipinski definition) is 1. The minimum atomic E-state index is -0.0108. The van der Waals surface area contributed by atoms with Crippen molar-refractivity contribution in [2.24, 2.45) is 0 Å². The Morgan fingerprint density at radius 1 is 1.62 bits per heavy atom. The van der Waals surface area contributed by atoms with Gasteiger partial charge in [0.05, 0.1) is 0 Å². The van der Waals surface area contributed by atoms with Gasteiger partial charge in [-0.15, -0.1) is 0 Å². The van der Waals surface area contributed by atoms with Gasteiger partial charge in [-0.25, -0.2) is 0 Å². The average Bonchev–Trinajstić information content (AvgIpc) is 1.64. The van der Waals surface area contributed by atoms with Gasteiger partial charge in [0.1, 0.15) is 0 Å². The van der Waals surface area contributed by atoms with Crippen molar-refractivity contribution < 1.29 is 4.79 Å². The van der Waals surface area contributed by atoms with Crippen LogP contribution in [-0.4, -0.2) is 16.3 Å². The van der Waals surface area contributed by atoms with Crippen LogP contribution in [0.4, 0.5) is 0 Å². The quantitative estimate of drug-likeness (QED) is 0.531. The first kappa shape index (κ1) is 7.82. The van der Waals surface area contributed by atoms with E-state index in [1.165, 1.54) is 11.2 Å². The SMILES string of the molecule is CC(=O)N(S)C(C)C. The van der Waals surface area contributed by atoms with E-state index in [1.54, 1.807) is 0 Å². The highest BCUT2D eigenvalue weighted by Crippen LogP contribution is 2.00. The summed E-state index contributed by atoms with van der Waals surface area (Å²) in [7, 11) is 0. The molecule has 0 unspecified atom stereocenters. The number of rotatable bonds is 1. The number of nitrogens with zero attached hydrogens (tertiary/aromatic N) is 1. The molecule has 0 atom stereocenters. The molecule has 0 N–H and O–H groups in total. The zero-order chi connectivity index (χ0) is 6.73. The molecule has 1 amide bonds. The van der Waals surface area contributed by atoms with E-state index in [0.717, 1.165) is 0 Å². The summed E-state index contributed by atoms with van der Waals surface area (Å²) < 4.78 is 1.39. The molecule has 0 aliphatic rings. The van der Waals surface area contributed by atoms with Gasteiger partial charge in [0, 0.05) is 13.0 Å². The van der Waals surface area contributed by atoms with Crippen molar-refractivity contribution in [1.82, 2.24) is 4.31 Å². The Balaban J connectivity index is 3.64. The zero-order valence-corrected chi connectivity index (χ0v) is 6.27. The monoisotopic (exact) mass is 133 g/mol. The van der Waals surface area contributed by atoms with E-state index in [9.17, 15) is 4.79 Å². The molecule has 0 aromatic rings. The fraction of sp³-hybridized carbons (Fsp3) is 0.800. The third kappa shape index (κ3) is 2.21. The molecular formula is C5H11NOS. The average molecular weight is 133 g/mol. The second kappa shape index (κ2) is 2.97. The van der Waals surface area contributed by atoms with E-state index in [4.69, 9.17) is 0 Å². The van der Waals surface area contributed by atoms with Gasteiger partial charge in [-0.05, 0) is 13.8 Å². The highest BCUT2D eigenvalue weighted by Gasteiger charge is 2.05. The molecule has 0 saturated heterocycles. The Labute approximate surface area is 55.4 Å². The van der Waals surface area contributed by atoms with Crippen LogP contribution in [0.25, 0.3) is 0 Å². The molecule has 0 rings (SSSR count). The third-order valence-corrected chi connectivity index (χ3v) is 1.56. The molecule has 3 heteroatoms. The molecule has 2 nitrogen and oxygen atoms in total. The lowest BCUT2D eigenvalue weighted by Gasteiger charge is -2.16. The minimum absolute atomic E-state index is 0.0108. The van der Waals surface area contributed by atoms with Crippen molar-refractivity contribution in [2.75, 3.05) is 0 Å². The van der Waals surface area contributed by atoms with E-state index >= 15 is 0 Å². The number of thiol groups is 1. The standard InChI is InChI=1S/C5H11NOS/c1-4(2)6(8)5(3)7/h4,8H,1-3H3. The lowest BCUT2D eigenvalue weighted by molar-refractivity contribution is -0.124. The van der Waals surface area contributed by atoms with Gasteiger partial charge in [-0.2, -0.15) is 0 Å². The van der Waals surface area contributed by atoms with E-state index in [2.05, 4.69) is 12.8 Å². The normalized spacial score (nSPS) is 9.62. The van der Waals surface area contributed by atoms with Crippen LogP contribution in [-0.2, 0) is 4.79 Å². The summed E-state index contributed by atoms with van der Waals surface area (Å²) in [6.45, 7) is 5.32. The van der Waals surface area contributed by atoms with Crippen molar-refractivity contribution in [1.29, 1.82) is 0 Å². The van der Waals surface area contributed by atoms with Gasteiger partial charge >= 0.3 is 0 Å². The molecule has 0 heterocycles. The van der Waals surface area contributed by atoms with Crippen LogP contribution in [0.15, 0.2) is 0 Å². The van der Waals surface area contributed by atoms with Crippen LogP contribution in [0.3, 0.4) is 0 Å². The first-order valence-corrected chi connectivity index (χ1v) is 2.94. The van der Waals surface area contributed by atoms with E-state index < -0.39 is 0 Å². The van der Waals surface area contributed by atoms with Crippen LogP contribution < -0.4 is 0 Å². The van der Waals surface area contributed by atoms with Crippen LogP contribution in [0.2, 0.25) is 0 Å². The lowest BCUT2D eigenvalue weighted by atomic mass is 10.4. The summed E-state index contributed by atoms with van der Waals surface area (Å²) >= 11 is 3.90. The van der Waals surface area contributed by atoms with Crippen LogP contribution in [0.1, 0.15) is 20.8 Å². The molecule has 48 valence electrons. The summed E-state index contributed by atoms with van der Waals surface area (Å²) in [6.07, 6.45) is 0. The Hall–Kier alpha value is -0.180. The van der Waals surface area contributed by atoms with E-state index in [0.29, 0.717) is 0 Å². The molecule has 0 aliphatic carbocycles. The highest BCUT2D eigenvalue weighted by molar-refractivity contribution is 7.78. The highest BCUT2D eigenvalue weighted by atomic mass is 32.1. The first-order chi connectivity index (χ1) is 3.55.